The fourth-order valence-electron chi connectivity index (χ4n) is 0.686. The van der Waals surface area contributed by atoms with E-state index in [1.807, 2.05) is 5.32 Å². The van der Waals surface area contributed by atoms with Gasteiger partial charge in [-0.2, -0.15) is 0 Å². The van der Waals surface area contributed by atoms with Crippen LogP contribution in [0, 0.1) is 0 Å². The molecule has 0 bridgehead atoms. The third kappa shape index (κ3) is 3.17. The molecule has 0 aromatic carbocycles. The highest BCUT2D eigenvalue weighted by Gasteiger charge is 2.40. The minimum absolute atomic E-state index is 0.805. The Kier molecular flexibility index (Phi) is 4.45. The van der Waals surface area contributed by atoms with Crippen LogP contribution in [0.1, 0.15) is 13.8 Å². The van der Waals surface area contributed by atoms with E-state index >= 15 is 0 Å². The number of carboxylic acid groups (broad SMARTS) is 1. The Bertz CT molecular complexity index is 385. The lowest BCUT2D eigenvalue weighted by molar-refractivity contribution is -0.143. The Morgan fingerprint density at radius 2 is 1.81 bits per heavy atom. The van der Waals surface area contributed by atoms with Crippen LogP contribution in [0.5, 0.6) is 0 Å². The summed E-state index contributed by atoms with van der Waals surface area (Å²) in [6, 6.07) is -1.51. The van der Waals surface area contributed by atoms with Crippen LogP contribution in [0.2, 0.25) is 0 Å². The molecule has 0 spiro atoms. The van der Waals surface area contributed by atoms with Crippen LogP contribution in [0.4, 0.5) is 0 Å². The minimum Gasteiger partial charge on any atom is -0.480 e. The molecule has 0 aliphatic heterocycles. The van der Waals surface area contributed by atoms with E-state index in [1.165, 1.54) is 0 Å². The van der Waals surface area contributed by atoms with E-state index in [2.05, 4.69) is 0 Å². The van der Waals surface area contributed by atoms with Gasteiger partial charge < -0.3 is 15.5 Å². The van der Waals surface area contributed by atoms with Gasteiger partial charge in [0.1, 0.15) is 10.8 Å². The molecule has 1 atom stereocenters. The maximum Gasteiger partial charge on any atom is 0.328 e. The van der Waals surface area contributed by atoms with Crippen molar-refractivity contribution in [3.05, 3.63) is 0 Å². The average Bonchev–Trinajstić information content (AvgIpc) is 2.11. The number of carbonyl (C=O) groups is 2. The van der Waals surface area contributed by atoms with Gasteiger partial charge in [0.05, 0.1) is 6.61 Å². The van der Waals surface area contributed by atoms with Gasteiger partial charge in [-0.25, -0.2) is 13.2 Å². The summed E-state index contributed by atoms with van der Waals surface area (Å²) in [5.41, 5.74) is 0. The maximum absolute atomic E-state index is 11.5. The van der Waals surface area contributed by atoms with Crippen molar-refractivity contribution in [2.24, 2.45) is 0 Å². The van der Waals surface area contributed by atoms with Crippen molar-refractivity contribution in [3.8, 4) is 0 Å². The van der Waals surface area contributed by atoms with E-state index < -0.39 is 39.1 Å². The monoisotopic (exact) mass is 253 g/mol. The molecule has 1 amide bonds. The van der Waals surface area contributed by atoms with Crippen molar-refractivity contribution in [1.29, 1.82) is 0 Å². The van der Waals surface area contributed by atoms with Crippen molar-refractivity contribution in [3.63, 3.8) is 0 Å². The maximum atomic E-state index is 11.5. The third-order valence-corrected chi connectivity index (χ3v) is 4.30. The number of hydrogen-bond acceptors (Lipinski definition) is 5. The Morgan fingerprint density at radius 3 is 2.06 bits per heavy atom. The molecule has 0 aliphatic rings. The normalized spacial score (nSPS) is 14.2. The smallest absolute Gasteiger partial charge is 0.328 e. The molecule has 8 heteroatoms. The first-order valence-electron chi connectivity index (χ1n) is 4.38. The lowest BCUT2D eigenvalue weighted by Crippen LogP contribution is -2.53. The van der Waals surface area contributed by atoms with E-state index in [-0.39, 0.29) is 0 Å². The number of amides is 1. The van der Waals surface area contributed by atoms with E-state index in [1.54, 1.807) is 0 Å². The zero-order valence-electron chi connectivity index (χ0n) is 9.22. The number of carbonyl (C=O) groups excluding carboxylic acids is 1. The second-order valence-corrected chi connectivity index (χ2v) is 6.39. The number of hydrogen-bond donors (Lipinski definition) is 3. The molecule has 0 rings (SSSR count). The topological polar surface area (TPSA) is 121 Å². The van der Waals surface area contributed by atoms with Gasteiger partial charge in [0, 0.05) is 6.26 Å². The summed E-state index contributed by atoms with van der Waals surface area (Å²) in [6.07, 6.45) is 0.876. The number of aliphatic carboxylic acids is 1. The van der Waals surface area contributed by atoms with Crippen LogP contribution in [-0.2, 0) is 19.4 Å². The van der Waals surface area contributed by atoms with Crippen molar-refractivity contribution in [2.75, 3.05) is 12.9 Å². The lowest BCUT2D eigenvalue weighted by atomic mass is 10.1. The summed E-state index contributed by atoms with van der Waals surface area (Å²) < 4.78 is 20.8. The minimum atomic E-state index is -3.67. The lowest BCUT2D eigenvalue weighted by Gasteiger charge is -2.23. The van der Waals surface area contributed by atoms with Crippen LogP contribution < -0.4 is 5.32 Å². The second-order valence-electron chi connectivity index (χ2n) is 3.83. The first-order valence-corrected chi connectivity index (χ1v) is 6.27. The SMILES string of the molecule is CC(C)(C(=O)NC(CO)C(=O)O)S(C)(=O)=O. The quantitative estimate of drug-likeness (QED) is 0.541. The van der Waals surface area contributed by atoms with Crippen LogP contribution in [0.3, 0.4) is 0 Å². The van der Waals surface area contributed by atoms with Gasteiger partial charge in [-0.05, 0) is 13.8 Å². The largest absolute Gasteiger partial charge is 0.480 e. The molecule has 7 nitrogen and oxygen atoms in total. The highest BCUT2D eigenvalue weighted by atomic mass is 32.2. The number of sulfone groups is 1. The summed E-state index contributed by atoms with van der Waals surface area (Å²) >= 11 is 0. The standard InChI is InChI=1S/C8H15NO6S/c1-8(2,16(3,14)15)7(13)9-5(4-10)6(11)12/h5,10H,4H2,1-3H3,(H,9,13)(H,11,12). The van der Waals surface area contributed by atoms with Crippen molar-refractivity contribution >= 4 is 21.7 Å². The van der Waals surface area contributed by atoms with Gasteiger partial charge in [-0.15, -0.1) is 0 Å². The fraction of sp³-hybridized carbons (Fsp3) is 0.750. The van der Waals surface area contributed by atoms with Crippen LogP contribution in [0.25, 0.3) is 0 Å². The summed E-state index contributed by atoms with van der Waals surface area (Å²) in [5, 5.41) is 19.2. The predicted molar refractivity (Wildman–Crippen MR) is 55.6 cm³/mol. The Balaban J connectivity index is 4.90. The first kappa shape index (κ1) is 14.8. The molecule has 0 aromatic heterocycles. The third-order valence-electron chi connectivity index (χ3n) is 2.26. The van der Waals surface area contributed by atoms with Gasteiger partial charge in [-0.1, -0.05) is 0 Å². The van der Waals surface area contributed by atoms with E-state index in [0.717, 1.165) is 20.1 Å². The summed E-state index contributed by atoms with van der Waals surface area (Å²) in [7, 11) is -3.67. The Morgan fingerprint density at radius 1 is 1.38 bits per heavy atom. The van der Waals surface area contributed by atoms with Crippen LogP contribution >= 0.6 is 0 Å². The Labute approximate surface area is 93.4 Å². The molecule has 0 aromatic rings. The highest BCUT2D eigenvalue weighted by molar-refractivity contribution is 7.92. The van der Waals surface area contributed by atoms with Crippen molar-refractivity contribution in [2.45, 2.75) is 24.6 Å². The summed E-state index contributed by atoms with van der Waals surface area (Å²) in [5.74, 6) is -2.39. The summed E-state index contributed by atoms with van der Waals surface area (Å²) in [4.78, 5) is 22.0. The number of aliphatic hydroxyl groups excluding tert-OH is 1. The highest BCUT2D eigenvalue weighted by Crippen LogP contribution is 2.15. The predicted octanol–water partition coefficient (Wildman–Crippen LogP) is -1.63. The van der Waals surface area contributed by atoms with Crippen LogP contribution in [0.15, 0.2) is 0 Å². The molecule has 1 unspecified atom stereocenters. The van der Waals surface area contributed by atoms with Gasteiger partial charge >= 0.3 is 5.97 Å². The number of aliphatic hydroxyl groups is 1. The van der Waals surface area contributed by atoms with Gasteiger partial charge in [0.15, 0.2) is 9.84 Å². The molecule has 0 aliphatic carbocycles. The molecule has 16 heavy (non-hydrogen) atoms. The Hall–Kier alpha value is -1.15. The zero-order chi connectivity index (χ0) is 13.1. The molecule has 0 radical (unpaired) electrons. The van der Waals surface area contributed by atoms with E-state index in [0.29, 0.717) is 0 Å². The number of rotatable bonds is 5. The average molecular weight is 253 g/mol. The van der Waals surface area contributed by atoms with E-state index in [4.69, 9.17) is 10.2 Å². The number of carboxylic acids is 1. The molecule has 0 saturated heterocycles. The molecular formula is C8H15NO6S. The number of nitrogens with one attached hydrogen (secondary N) is 1. The second kappa shape index (κ2) is 4.79. The zero-order valence-corrected chi connectivity index (χ0v) is 10.0. The van der Waals surface area contributed by atoms with E-state index in [9.17, 15) is 18.0 Å². The molecule has 3 N–H and O–H groups in total. The van der Waals surface area contributed by atoms with Crippen molar-refractivity contribution in [1.82, 2.24) is 5.32 Å². The van der Waals surface area contributed by atoms with Gasteiger partial charge in [0.25, 0.3) is 0 Å². The summed E-state index contributed by atoms with van der Waals surface area (Å²) in [6.45, 7) is 1.52. The molecule has 0 heterocycles. The van der Waals surface area contributed by atoms with Crippen LogP contribution in [-0.4, -0.2) is 54.2 Å². The van der Waals surface area contributed by atoms with Crippen molar-refractivity contribution < 1.29 is 28.2 Å². The molecule has 0 saturated carbocycles. The molecule has 94 valence electrons. The van der Waals surface area contributed by atoms with Gasteiger partial charge in [0.2, 0.25) is 5.91 Å². The molecule has 0 fully saturated rings. The van der Waals surface area contributed by atoms with Gasteiger partial charge in [-0.3, -0.25) is 4.79 Å². The fourth-order valence-corrected chi connectivity index (χ4v) is 1.08. The first-order chi connectivity index (χ1) is 7.04. The molecular weight excluding hydrogens is 238 g/mol.